The van der Waals surface area contributed by atoms with Crippen molar-refractivity contribution in [2.75, 3.05) is 32.7 Å². The monoisotopic (exact) mass is 325 g/mol. The number of benzene rings is 1. The van der Waals surface area contributed by atoms with Gasteiger partial charge in [-0.2, -0.15) is 0 Å². The maximum atomic E-state index is 12.7. The Morgan fingerprint density at radius 2 is 2.00 bits per heavy atom. The molecule has 1 atom stereocenters. The molecule has 0 spiro atoms. The lowest BCUT2D eigenvalue weighted by molar-refractivity contribution is -0.131. The summed E-state index contributed by atoms with van der Waals surface area (Å²) < 4.78 is 1.89. The predicted molar refractivity (Wildman–Crippen MR) is 87.8 cm³/mol. The number of carbonyl (C=O) groups excluding carboxylic acids is 2. The summed E-state index contributed by atoms with van der Waals surface area (Å²) in [7, 11) is 0. The molecule has 2 aliphatic heterocycles. The number of carbonyl (C=O) groups is 2. The number of aromatic nitrogens is 2. The third kappa shape index (κ3) is 2.67. The Hall–Kier alpha value is -2.67. The van der Waals surface area contributed by atoms with E-state index in [2.05, 4.69) is 15.2 Å². The van der Waals surface area contributed by atoms with Crippen molar-refractivity contribution in [3.63, 3.8) is 0 Å². The zero-order valence-electron chi connectivity index (χ0n) is 13.3. The molecule has 2 aromatic rings. The molecule has 2 saturated heterocycles. The lowest BCUT2D eigenvalue weighted by atomic mass is 10.1. The molecule has 3 heterocycles. The average molecular weight is 325 g/mol. The molecule has 2 amide bonds. The second-order valence-corrected chi connectivity index (χ2v) is 6.11. The van der Waals surface area contributed by atoms with Crippen molar-refractivity contribution in [2.24, 2.45) is 0 Å². The molecule has 4 rings (SSSR count). The van der Waals surface area contributed by atoms with Crippen molar-refractivity contribution in [2.45, 2.75) is 6.04 Å². The number of fused-ring (bicyclic) bond motifs is 1. The van der Waals surface area contributed by atoms with Crippen LogP contribution in [0.25, 0.3) is 5.69 Å². The Labute approximate surface area is 139 Å². The number of hydrogen-bond donors (Lipinski definition) is 1. The van der Waals surface area contributed by atoms with Crippen LogP contribution in [0.15, 0.2) is 43.0 Å². The predicted octanol–water partition coefficient (Wildman–Crippen LogP) is 0.129. The van der Waals surface area contributed by atoms with Crippen LogP contribution in [0.5, 0.6) is 0 Å². The van der Waals surface area contributed by atoms with Crippen molar-refractivity contribution in [3.05, 3.63) is 48.5 Å². The molecule has 2 aliphatic rings. The van der Waals surface area contributed by atoms with E-state index in [4.69, 9.17) is 0 Å². The first-order valence-corrected chi connectivity index (χ1v) is 8.12. The Bertz CT molecular complexity index is 741. The number of rotatable bonds is 2. The summed E-state index contributed by atoms with van der Waals surface area (Å²) in [5.41, 5.74) is 1.60. The van der Waals surface area contributed by atoms with Gasteiger partial charge in [-0.25, -0.2) is 4.98 Å². The Kier molecular flexibility index (Phi) is 3.78. The highest BCUT2D eigenvalue weighted by Crippen LogP contribution is 2.16. The summed E-state index contributed by atoms with van der Waals surface area (Å²) in [6.07, 6.45) is 5.29. The molecule has 1 aromatic carbocycles. The van der Waals surface area contributed by atoms with Gasteiger partial charge in [-0.3, -0.25) is 14.5 Å². The van der Waals surface area contributed by atoms with Gasteiger partial charge in [0.1, 0.15) is 6.04 Å². The van der Waals surface area contributed by atoms with Crippen molar-refractivity contribution >= 4 is 11.8 Å². The molecule has 1 aromatic heterocycles. The van der Waals surface area contributed by atoms with E-state index < -0.39 is 0 Å². The molecule has 0 aliphatic carbocycles. The van der Waals surface area contributed by atoms with E-state index in [0.717, 1.165) is 18.8 Å². The van der Waals surface area contributed by atoms with Crippen LogP contribution in [-0.4, -0.2) is 69.9 Å². The smallest absolute Gasteiger partial charge is 0.253 e. The number of hydrogen-bond acceptors (Lipinski definition) is 4. The molecule has 7 heteroatoms. The van der Waals surface area contributed by atoms with Crippen LogP contribution in [0, 0.1) is 0 Å². The topological polar surface area (TPSA) is 70.5 Å². The molecular formula is C17H19N5O2. The summed E-state index contributed by atoms with van der Waals surface area (Å²) in [6.45, 7) is 3.41. The summed E-state index contributed by atoms with van der Waals surface area (Å²) in [4.78, 5) is 32.7. The van der Waals surface area contributed by atoms with Crippen LogP contribution in [0.1, 0.15) is 10.4 Å². The summed E-state index contributed by atoms with van der Waals surface area (Å²) >= 11 is 0. The molecule has 24 heavy (non-hydrogen) atoms. The highest BCUT2D eigenvalue weighted by molar-refractivity contribution is 5.95. The Balaban J connectivity index is 1.48. The van der Waals surface area contributed by atoms with Gasteiger partial charge in [0.15, 0.2) is 0 Å². The highest BCUT2D eigenvalue weighted by atomic mass is 16.2. The van der Waals surface area contributed by atoms with Gasteiger partial charge in [0, 0.05) is 56.4 Å². The van der Waals surface area contributed by atoms with E-state index >= 15 is 0 Å². The van der Waals surface area contributed by atoms with Crippen molar-refractivity contribution < 1.29 is 9.59 Å². The Morgan fingerprint density at radius 1 is 1.17 bits per heavy atom. The molecule has 0 bridgehead atoms. The molecule has 1 unspecified atom stereocenters. The fraction of sp³-hybridized carbons (Fsp3) is 0.353. The number of amides is 2. The SMILES string of the molecule is O=C1NCCN2CCN(C(=O)c3ccc(-n4ccnc4)cc3)CC12. The number of imidazole rings is 1. The van der Waals surface area contributed by atoms with Crippen molar-refractivity contribution in [3.8, 4) is 5.69 Å². The zero-order valence-corrected chi connectivity index (χ0v) is 13.3. The quantitative estimate of drug-likeness (QED) is 0.852. The Morgan fingerprint density at radius 3 is 2.75 bits per heavy atom. The fourth-order valence-corrected chi connectivity index (χ4v) is 3.33. The first-order chi connectivity index (χ1) is 11.7. The summed E-state index contributed by atoms with van der Waals surface area (Å²) in [5, 5.41) is 2.88. The molecule has 0 radical (unpaired) electrons. The van der Waals surface area contributed by atoms with Crippen LogP contribution in [0.4, 0.5) is 0 Å². The van der Waals surface area contributed by atoms with Crippen LogP contribution >= 0.6 is 0 Å². The van der Waals surface area contributed by atoms with Crippen molar-refractivity contribution in [1.29, 1.82) is 0 Å². The van der Waals surface area contributed by atoms with Gasteiger partial charge in [0.2, 0.25) is 5.91 Å². The third-order valence-electron chi connectivity index (χ3n) is 4.70. The van der Waals surface area contributed by atoms with Gasteiger partial charge in [0.05, 0.1) is 6.33 Å². The fourth-order valence-electron chi connectivity index (χ4n) is 3.33. The second kappa shape index (κ2) is 6.09. The van der Waals surface area contributed by atoms with E-state index in [1.165, 1.54) is 0 Å². The zero-order chi connectivity index (χ0) is 16.5. The minimum atomic E-state index is -0.221. The number of nitrogens with one attached hydrogen (secondary N) is 1. The van der Waals surface area contributed by atoms with Gasteiger partial charge in [0.25, 0.3) is 5.91 Å². The number of piperazine rings is 2. The first kappa shape index (κ1) is 14.9. The first-order valence-electron chi connectivity index (χ1n) is 8.12. The standard InChI is InChI=1S/C17H19N5O2/c23-16-15-11-21(10-9-20(15)8-6-19-16)17(24)13-1-3-14(4-2-13)22-7-5-18-12-22/h1-5,7,12,15H,6,8-11H2,(H,19,23). The lowest BCUT2D eigenvalue weighted by Crippen LogP contribution is -2.64. The normalized spacial score (nSPS) is 21.2. The van der Waals surface area contributed by atoms with E-state index in [1.807, 2.05) is 35.0 Å². The van der Waals surface area contributed by atoms with E-state index in [9.17, 15) is 9.59 Å². The second-order valence-electron chi connectivity index (χ2n) is 6.11. The molecular weight excluding hydrogens is 306 g/mol. The van der Waals surface area contributed by atoms with Crippen LogP contribution in [-0.2, 0) is 4.79 Å². The molecule has 7 nitrogen and oxygen atoms in total. The summed E-state index contributed by atoms with van der Waals surface area (Å²) in [5.74, 6) is -0.000546. The van der Waals surface area contributed by atoms with Crippen LogP contribution in [0.3, 0.4) is 0 Å². The molecule has 0 saturated carbocycles. The van der Waals surface area contributed by atoms with E-state index in [1.54, 1.807) is 17.4 Å². The van der Waals surface area contributed by atoms with Gasteiger partial charge >= 0.3 is 0 Å². The third-order valence-corrected chi connectivity index (χ3v) is 4.70. The lowest BCUT2D eigenvalue weighted by Gasteiger charge is -2.43. The summed E-state index contributed by atoms with van der Waals surface area (Å²) in [6, 6.07) is 7.23. The average Bonchev–Trinajstić information content (AvgIpc) is 3.16. The molecule has 2 fully saturated rings. The minimum absolute atomic E-state index is 0.0224. The number of nitrogens with zero attached hydrogens (tertiary/aromatic N) is 4. The van der Waals surface area contributed by atoms with Crippen LogP contribution in [0.2, 0.25) is 0 Å². The van der Waals surface area contributed by atoms with Crippen LogP contribution < -0.4 is 5.32 Å². The van der Waals surface area contributed by atoms with E-state index in [-0.39, 0.29) is 17.9 Å². The maximum Gasteiger partial charge on any atom is 0.253 e. The minimum Gasteiger partial charge on any atom is -0.353 e. The van der Waals surface area contributed by atoms with Crippen molar-refractivity contribution in [1.82, 2.24) is 24.7 Å². The molecule has 1 N–H and O–H groups in total. The van der Waals surface area contributed by atoms with Gasteiger partial charge in [-0.05, 0) is 24.3 Å². The van der Waals surface area contributed by atoms with Gasteiger partial charge in [-0.1, -0.05) is 0 Å². The van der Waals surface area contributed by atoms with E-state index in [0.29, 0.717) is 25.2 Å². The largest absolute Gasteiger partial charge is 0.353 e. The highest BCUT2D eigenvalue weighted by Gasteiger charge is 2.36. The van der Waals surface area contributed by atoms with Gasteiger partial charge < -0.3 is 14.8 Å². The van der Waals surface area contributed by atoms with Gasteiger partial charge in [-0.15, -0.1) is 0 Å². The maximum absolute atomic E-state index is 12.7. The molecule has 124 valence electrons.